The summed E-state index contributed by atoms with van der Waals surface area (Å²) in [6.45, 7) is 6.48. The Morgan fingerprint density at radius 2 is 1.68 bits per heavy atom. The maximum atomic E-state index is 11.9. The van der Waals surface area contributed by atoms with E-state index in [-0.39, 0.29) is 11.3 Å². The van der Waals surface area contributed by atoms with Crippen molar-refractivity contribution in [1.82, 2.24) is 0 Å². The number of hydrogen-bond acceptors (Lipinski definition) is 1. The van der Waals surface area contributed by atoms with Gasteiger partial charge in [-0.05, 0) is 40.8 Å². The van der Waals surface area contributed by atoms with Crippen molar-refractivity contribution in [3.63, 3.8) is 0 Å². The third-order valence-electron chi connectivity index (χ3n) is 3.34. The van der Waals surface area contributed by atoms with Gasteiger partial charge in [-0.1, -0.05) is 62.7 Å². The van der Waals surface area contributed by atoms with Crippen LogP contribution >= 0.6 is 11.6 Å². The fourth-order valence-electron chi connectivity index (χ4n) is 2.01. The van der Waals surface area contributed by atoms with Crippen molar-refractivity contribution in [2.24, 2.45) is 0 Å². The first-order chi connectivity index (χ1) is 10.4. The van der Waals surface area contributed by atoms with E-state index in [1.807, 2.05) is 42.5 Å². The van der Waals surface area contributed by atoms with Crippen LogP contribution in [0.25, 0.3) is 6.08 Å². The quantitative estimate of drug-likeness (QED) is 0.766. The normalized spacial score (nSPS) is 11.6. The zero-order chi connectivity index (χ0) is 16.2. The molecule has 3 heteroatoms. The maximum Gasteiger partial charge on any atom is 0.248 e. The van der Waals surface area contributed by atoms with Crippen LogP contribution in [-0.2, 0) is 10.2 Å². The molecular formula is C19H20ClNO. The number of nitrogens with one attached hydrogen (secondary N) is 1. The number of anilines is 1. The number of carbonyl (C=O) groups is 1. The van der Waals surface area contributed by atoms with E-state index in [2.05, 4.69) is 26.1 Å². The lowest BCUT2D eigenvalue weighted by molar-refractivity contribution is -0.111. The lowest BCUT2D eigenvalue weighted by Crippen LogP contribution is -2.12. The summed E-state index contributed by atoms with van der Waals surface area (Å²) >= 11 is 6.05. The molecule has 2 rings (SSSR count). The molecule has 114 valence electrons. The molecule has 0 unspecified atom stereocenters. The van der Waals surface area contributed by atoms with Crippen molar-refractivity contribution >= 4 is 29.3 Å². The van der Waals surface area contributed by atoms with Gasteiger partial charge in [-0.2, -0.15) is 0 Å². The lowest BCUT2D eigenvalue weighted by atomic mass is 9.87. The summed E-state index contributed by atoms with van der Waals surface area (Å²) in [5.74, 6) is -0.177. The van der Waals surface area contributed by atoms with Crippen LogP contribution in [0.5, 0.6) is 0 Å². The molecule has 2 aromatic carbocycles. The number of hydrogen-bond donors (Lipinski definition) is 1. The molecule has 0 aliphatic heterocycles. The van der Waals surface area contributed by atoms with Crippen LogP contribution in [0.15, 0.2) is 54.6 Å². The summed E-state index contributed by atoms with van der Waals surface area (Å²) in [6.07, 6.45) is 3.19. The Bertz CT molecular complexity index is 681. The van der Waals surface area contributed by atoms with E-state index in [4.69, 9.17) is 11.6 Å². The van der Waals surface area contributed by atoms with E-state index in [9.17, 15) is 4.79 Å². The highest BCUT2D eigenvalue weighted by atomic mass is 35.5. The molecule has 0 aliphatic carbocycles. The zero-order valence-corrected chi connectivity index (χ0v) is 13.8. The monoisotopic (exact) mass is 313 g/mol. The maximum absolute atomic E-state index is 11.9. The molecular weight excluding hydrogens is 294 g/mol. The molecule has 0 saturated heterocycles. The van der Waals surface area contributed by atoms with Crippen molar-refractivity contribution < 1.29 is 4.79 Å². The van der Waals surface area contributed by atoms with Crippen LogP contribution in [0.4, 0.5) is 5.69 Å². The number of halogens is 1. The smallest absolute Gasteiger partial charge is 0.248 e. The van der Waals surface area contributed by atoms with Crippen LogP contribution in [0.2, 0.25) is 5.02 Å². The molecule has 0 heterocycles. The topological polar surface area (TPSA) is 29.1 Å². The summed E-state index contributed by atoms with van der Waals surface area (Å²) in [5.41, 5.74) is 2.94. The molecule has 0 radical (unpaired) electrons. The van der Waals surface area contributed by atoms with Crippen molar-refractivity contribution in [2.45, 2.75) is 26.2 Å². The Hall–Kier alpha value is -2.06. The average molecular weight is 314 g/mol. The number of benzene rings is 2. The fourth-order valence-corrected chi connectivity index (χ4v) is 2.21. The van der Waals surface area contributed by atoms with Gasteiger partial charge in [0.05, 0.1) is 0 Å². The standard InChI is InChI=1S/C19H20ClNO/c1-19(2,3)15-9-11-16(12-10-15)21-18(22)13-8-14-6-4-5-7-17(14)20/h4-13H,1-3H3,(H,21,22)/b13-8+. The highest BCUT2D eigenvalue weighted by molar-refractivity contribution is 6.32. The van der Waals surface area contributed by atoms with Crippen LogP contribution in [0.3, 0.4) is 0 Å². The zero-order valence-electron chi connectivity index (χ0n) is 13.1. The third-order valence-corrected chi connectivity index (χ3v) is 3.68. The van der Waals surface area contributed by atoms with E-state index in [1.165, 1.54) is 11.6 Å². The van der Waals surface area contributed by atoms with Gasteiger partial charge in [0.25, 0.3) is 0 Å². The summed E-state index contributed by atoms with van der Waals surface area (Å²) in [6, 6.07) is 15.3. The van der Waals surface area contributed by atoms with Gasteiger partial charge < -0.3 is 5.32 Å². The minimum atomic E-state index is -0.177. The molecule has 0 aromatic heterocycles. The molecule has 2 nitrogen and oxygen atoms in total. The molecule has 22 heavy (non-hydrogen) atoms. The van der Waals surface area contributed by atoms with Gasteiger partial charge in [0.1, 0.15) is 0 Å². The molecule has 0 aliphatic rings. The van der Waals surface area contributed by atoms with Crippen LogP contribution in [0.1, 0.15) is 31.9 Å². The Labute approximate surface area is 136 Å². The Kier molecular flexibility index (Phi) is 5.04. The fraction of sp³-hybridized carbons (Fsp3) is 0.211. The van der Waals surface area contributed by atoms with Gasteiger partial charge in [-0.25, -0.2) is 0 Å². The van der Waals surface area contributed by atoms with E-state index in [1.54, 1.807) is 12.1 Å². The summed E-state index contributed by atoms with van der Waals surface area (Å²) in [5, 5.41) is 3.47. The average Bonchev–Trinajstić information content (AvgIpc) is 2.46. The van der Waals surface area contributed by atoms with Crippen molar-refractivity contribution in [3.05, 3.63) is 70.8 Å². The van der Waals surface area contributed by atoms with Crippen LogP contribution in [0, 0.1) is 0 Å². The van der Waals surface area contributed by atoms with Crippen molar-refractivity contribution in [1.29, 1.82) is 0 Å². The van der Waals surface area contributed by atoms with E-state index >= 15 is 0 Å². The van der Waals surface area contributed by atoms with Crippen LogP contribution < -0.4 is 5.32 Å². The minimum absolute atomic E-state index is 0.104. The second-order valence-corrected chi connectivity index (χ2v) is 6.58. The Morgan fingerprint density at radius 3 is 2.27 bits per heavy atom. The van der Waals surface area contributed by atoms with Gasteiger partial charge in [-0.15, -0.1) is 0 Å². The molecule has 0 atom stereocenters. The highest BCUT2D eigenvalue weighted by Gasteiger charge is 2.12. The predicted octanol–water partition coefficient (Wildman–Crippen LogP) is 5.29. The molecule has 0 saturated carbocycles. The molecule has 0 bridgehead atoms. The van der Waals surface area contributed by atoms with Gasteiger partial charge in [0, 0.05) is 16.8 Å². The number of rotatable bonds is 3. The summed E-state index contributed by atoms with van der Waals surface area (Å²) in [4.78, 5) is 11.9. The molecule has 1 N–H and O–H groups in total. The van der Waals surface area contributed by atoms with Gasteiger partial charge >= 0.3 is 0 Å². The lowest BCUT2D eigenvalue weighted by Gasteiger charge is -2.19. The first-order valence-corrected chi connectivity index (χ1v) is 7.58. The molecule has 0 spiro atoms. The Balaban J connectivity index is 2.02. The number of carbonyl (C=O) groups excluding carboxylic acids is 1. The van der Waals surface area contributed by atoms with E-state index < -0.39 is 0 Å². The first kappa shape index (κ1) is 16.3. The molecule has 1 amide bonds. The van der Waals surface area contributed by atoms with E-state index in [0.717, 1.165) is 11.3 Å². The highest BCUT2D eigenvalue weighted by Crippen LogP contribution is 2.23. The van der Waals surface area contributed by atoms with Crippen molar-refractivity contribution in [3.8, 4) is 0 Å². The minimum Gasteiger partial charge on any atom is -0.323 e. The first-order valence-electron chi connectivity index (χ1n) is 7.20. The molecule has 2 aromatic rings. The van der Waals surface area contributed by atoms with E-state index in [0.29, 0.717) is 5.02 Å². The molecule has 0 fully saturated rings. The largest absolute Gasteiger partial charge is 0.323 e. The predicted molar refractivity (Wildman–Crippen MR) is 94.3 cm³/mol. The third kappa shape index (κ3) is 4.47. The second-order valence-electron chi connectivity index (χ2n) is 6.17. The SMILES string of the molecule is CC(C)(C)c1ccc(NC(=O)/C=C/c2ccccc2Cl)cc1. The number of amides is 1. The second kappa shape index (κ2) is 6.80. The van der Waals surface area contributed by atoms with Crippen LogP contribution in [-0.4, -0.2) is 5.91 Å². The van der Waals surface area contributed by atoms with Gasteiger partial charge in [-0.3, -0.25) is 4.79 Å². The van der Waals surface area contributed by atoms with Crippen molar-refractivity contribution in [2.75, 3.05) is 5.32 Å². The van der Waals surface area contributed by atoms with Gasteiger partial charge in [0.15, 0.2) is 0 Å². The van der Waals surface area contributed by atoms with Gasteiger partial charge in [0.2, 0.25) is 5.91 Å². The summed E-state index contributed by atoms with van der Waals surface area (Å²) in [7, 11) is 0. The Morgan fingerprint density at radius 1 is 1.05 bits per heavy atom. The summed E-state index contributed by atoms with van der Waals surface area (Å²) < 4.78 is 0.